The smallest absolute Gasteiger partial charge is 0.122 e. The molecular formula is C19H28N4O. The maximum Gasteiger partial charge on any atom is 0.122 e. The van der Waals surface area contributed by atoms with Crippen LogP contribution in [0.25, 0.3) is 0 Å². The van der Waals surface area contributed by atoms with Crippen LogP contribution in [-0.4, -0.2) is 56.7 Å². The summed E-state index contributed by atoms with van der Waals surface area (Å²) < 4.78 is 2.08. The molecule has 2 unspecified atom stereocenters. The number of rotatable bonds is 5. The van der Waals surface area contributed by atoms with Crippen molar-refractivity contribution >= 4 is 0 Å². The van der Waals surface area contributed by atoms with E-state index in [0.29, 0.717) is 12.6 Å². The van der Waals surface area contributed by atoms with Crippen LogP contribution < -0.4 is 0 Å². The molecule has 0 aliphatic carbocycles. The molecule has 24 heavy (non-hydrogen) atoms. The van der Waals surface area contributed by atoms with Crippen molar-refractivity contribution < 1.29 is 5.11 Å². The van der Waals surface area contributed by atoms with E-state index in [2.05, 4.69) is 26.3 Å². The highest BCUT2D eigenvalue weighted by Gasteiger charge is 2.31. The van der Waals surface area contributed by atoms with Crippen LogP contribution in [0.1, 0.15) is 25.2 Å². The van der Waals surface area contributed by atoms with Crippen molar-refractivity contribution in [2.45, 2.75) is 32.0 Å². The average Bonchev–Trinajstić information content (AvgIpc) is 2.96. The van der Waals surface area contributed by atoms with Crippen molar-refractivity contribution in [2.24, 2.45) is 7.05 Å². The van der Waals surface area contributed by atoms with Gasteiger partial charge in [0.15, 0.2) is 0 Å². The Morgan fingerprint density at radius 2 is 2.00 bits per heavy atom. The van der Waals surface area contributed by atoms with Gasteiger partial charge in [-0.2, -0.15) is 0 Å². The van der Waals surface area contributed by atoms with Crippen LogP contribution in [0.3, 0.4) is 0 Å². The van der Waals surface area contributed by atoms with Crippen LogP contribution in [-0.2, 0) is 19.2 Å². The van der Waals surface area contributed by atoms with Gasteiger partial charge in [0.25, 0.3) is 0 Å². The van der Waals surface area contributed by atoms with Crippen LogP contribution in [0.4, 0.5) is 0 Å². The lowest BCUT2D eigenvalue weighted by atomic mass is 9.95. The fraction of sp³-hybridized carbons (Fsp3) is 0.526. The predicted molar refractivity (Wildman–Crippen MR) is 95.5 cm³/mol. The molecule has 1 aliphatic rings. The van der Waals surface area contributed by atoms with Gasteiger partial charge in [0.05, 0.1) is 12.1 Å². The summed E-state index contributed by atoms with van der Waals surface area (Å²) in [4.78, 5) is 9.27. The van der Waals surface area contributed by atoms with Crippen LogP contribution >= 0.6 is 0 Å². The van der Waals surface area contributed by atoms with Gasteiger partial charge in [0.2, 0.25) is 0 Å². The zero-order chi connectivity index (χ0) is 17.2. The standard InChI is InChI=1S/C19H28N4O/c1-16-13-22(15-19(2,24)17-7-5-4-6-8-17)11-12-23(16)14-18-20-9-10-21(18)3/h4-10,16,24H,11-15H2,1-3H3. The molecule has 1 aliphatic heterocycles. The summed E-state index contributed by atoms with van der Waals surface area (Å²) in [6, 6.07) is 10.4. The minimum Gasteiger partial charge on any atom is -0.384 e. The van der Waals surface area contributed by atoms with Crippen LogP contribution in [0.2, 0.25) is 0 Å². The summed E-state index contributed by atoms with van der Waals surface area (Å²) >= 11 is 0. The molecule has 3 rings (SSSR count). The van der Waals surface area contributed by atoms with Gasteiger partial charge in [-0.1, -0.05) is 30.3 Å². The van der Waals surface area contributed by atoms with Gasteiger partial charge in [-0.25, -0.2) is 4.98 Å². The molecule has 0 bridgehead atoms. The molecule has 130 valence electrons. The number of benzene rings is 1. The Balaban J connectivity index is 1.58. The van der Waals surface area contributed by atoms with E-state index in [9.17, 15) is 5.11 Å². The number of β-amino-alcohol motifs (C(OH)–C–C–N with tert-alkyl or cyclic N) is 1. The third kappa shape index (κ3) is 3.86. The number of aliphatic hydroxyl groups is 1. The first-order valence-electron chi connectivity index (χ1n) is 8.66. The van der Waals surface area contributed by atoms with Gasteiger partial charge >= 0.3 is 0 Å². The third-order valence-corrected chi connectivity index (χ3v) is 5.04. The molecule has 2 aromatic rings. The minimum absolute atomic E-state index is 0.446. The molecule has 1 saturated heterocycles. The normalized spacial score (nSPS) is 22.4. The van der Waals surface area contributed by atoms with Crippen molar-refractivity contribution in [3.63, 3.8) is 0 Å². The van der Waals surface area contributed by atoms with E-state index < -0.39 is 5.60 Å². The Morgan fingerprint density at radius 1 is 1.25 bits per heavy atom. The van der Waals surface area contributed by atoms with Crippen molar-refractivity contribution in [1.82, 2.24) is 19.4 Å². The number of nitrogens with zero attached hydrogens (tertiary/aromatic N) is 4. The minimum atomic E-state index is -0.817. The molecule has 5 nitrogen and oxygen atoms in total. The molecule has 0 radical (unpaired) electrons. The van der Waals surface area contributed by atoms with Gasteiger partial charge < -0.3 is 9.67 Å². The van der Waals surface area contributed by atoms with Crippen LogP contribution in [0.15, 0.2) is 42.7 Å². The maximum atomic E-state index is 10.9. The Hall–Kier alpha value is -1.69. The van der Waals surface area contributed by atoms with E-state index in [1.165, 1.54) is 0 Å². The second-order valence-electron chi connectivity index (χ2n) is 7.15. The van der Waals surface area contributed by atoms with E-state index in [0.717, 1.165) is 37.6 Å². The molecule has 2 heterocycles. The van der Waals surface area contributed by atoms with E-state index in [-0.39, 0.29) is 0 Å². The van der Waals surface area contributed by atoms with Gasteiger partial charge in [0, 0.05) is 51.7 Å². The summed E-state index contributed by atoms with van der Waals surface area (Å²) in [5.41, 5.74) is 0.163. The number of imidazole rings is 1. The molecule has 1 aromatic carbocycles. The second kappa shape index (κ2) is 7.05. The molecule has 2 atom stereocenters. The maximum absolute atomic E-state index is 10.9. The molecule has 0 spiro atoms. The topological polar surface area (TPSA) is 44.5 Å². The number of aromatic nitrogens is 2. The zero-order valence-electron chi connectivity index (χ0n) is 14.9. The summed E-state index contributed by atoms with van der Waals surface area (Å²) in [5.74, 6) is 1.10. The quantitative estimate of drug-likeness (QED) is 0.909. The highest BCUT2D eigenvalue weighted by molar-refractivity contribution is 5.21. The number of piperazine rings is 1. The van der Waals surface area contributed by atoms with Crippen molar-refractivity contribution in [3.05, 3.63) is 54.1 Å². The van der Waals surface area contributed by atoms with Gasteiger partial charge in [0.1, 0.15) is 5.82 Å². The second-order valence-corrected chi connectivity index (χ2v) is 7.15. The van der Waals surface area contributed by atoms with Gasteiger partial charge in [-0.05, 0) is 19.4 Å². The summed E-state index contributed by atoms with van der Waals surface area (Å²) in [6.07, 6.45) is 3.85. The van der Waals surface area contributed by atoms with Crippen LogP contribution in [0, 0.1) is 0 Å². The lowest BCUT2D eigenvalue weighted by Gasteiger charge is -2.42. The molecule has 1 aromatic heterocycles. The van der Waals surface area contributed by atoms with Crippen molar-refractivity contribution in [1.29, 1.82) is 0 Å². The Bertz CT molecular complexity index is 652. The Morgan fingerprint density at radius 3 is 2.62 bits per heavy atom. The first-order valence-corrected chi connectivity index (χ1v) is 8.66. The molecular weight excluding hydrogens is 300 g/mol. The van der Waals surface area contributed by atoms with Crippen molar-refractivity contribution in [3.8, 4) is 0 Å². The largest absolute Gasteiger partial charge is 0.384 e. The zero-order valence-corrected chi connectivity index (χ0v) is 14.9. The molecule has 1 fully saturated rings. The molecule has 0 amide bonds. The first-order chi connectivity index (χ1) is 11.5. The lowest BCUT2D eigenvalue weighted by Crippen LogP contribution is -2.54. The summed E-state index contributed by atoms with van der Waals surface area (Å²) in [6.45, 7) is 8.65. The third-order valence-electron chi connectivity index (χ3n) is 5.04. The fourth-order valence-electron chi connectivity index (χ4n) is 3.50. The lowest BCUT2D eigenvalue weighted by molar-refractivity contribution is -0.0130. The van der Waals surface area contributed by atoms with E-state index in [1.54, 1.807) is 0 Å². The van der Waals surface area contributed by atoms with Gasteiger partial charge in [-0.15, -0.1) is 0 Å². The number of hydrogen-bond donors (Lipinski definition) is 1. The number of hydrogen-bond acceptors (Lipinski definition) is 4. The van der Waals surface area contributed by atoms with E-state index in [1.807, 2.05) is 56.7 Å². The van der Waals surface area contributed by atoms with Crippen LogP contribution in [0.5, 0.6) is 0 Å². The summed E-state index contributed by atoms with van der Waals surface area (Å²) in [7, 11) is 2.04. The molecule has 1 N–H and O–H groups in total. The predicted octanol–water partition coefficient (Wildman–Crippen LogP) is 1.83. The van der Waals surface area contributed by atoms with E-state index >= 15 is 0 Å². The summed E-state index contributed by atoms with van der Waals surface area (Å²) in [5, 5.41) is 10.9. The van der Waals surface area contributed by atoms with Crippen molar-refractivity contribution in [2.75, 3.05) is 26.2 Å². The van der Waals surface area contributed by atoms with Gasteiger partial charge in [-0.3, -0.25) is 9.80 Å². The van der Waals surface area contributed by atoms with E-state index in [4.69, 9.17) is 0 Å². The average molecular weight is 328 g/mol. The fourth-order valence-corrected chi connectivity index (χ4v) is 3.50. The molecule has 0 saturated carbocycles. The number of aryl methyl sites for hydroxylation is 1. The highest BCUT2D eigenvalue weighted by Crippen LogP contribution is 2.23. The Kier molecular flexibility index (Phi) is 5.04. The SMILES string of the molecule is CC1CN(CC(C)(O)c2ccccc2)CCN1Cc1nccn1C. The Labute approximate surface area is 144 Å². The monoisotopic (exact) mass is 328 g/mol. The first kappa shape index (κ1) is 17.1. The highest BCUT2D eigenvalue weighted by atomic mass is 16.3. The molecule has 5 heteroatoms.